The molecule has 0 spiro atoms. The Morgan fingerprint density at radius 1 is 1.42 bits per heavy atom. The second kappa shape index (κ2) is 4.74. The van der Waals surface area contributed by atoms with Gasteiger partial charge >= 0.3 is 0 Å². The summed E-state index contributed by atoms with van der Waals surface area (Å²) in [5.41, 5.74) is 2.10. The van der Waals surface area contributed by atoms with Gasteiger partial charge in [0.15, 0.2) is 0 Å². The minimum absolute atomic E-state index is 0.0895. The van der Waals surface area contributed by atoms with Crippen molar-refractivity contribution in [2.45, 2.75) is 13.0 Å². The fourth-order valence-electron chi connectivity index (χ4n) is 2.93. The maximum Gasteiger partial charge on any atom is 0.251 e. The zero-order chi connectivity index (χ0) is 13.4. The summed E-state index contributed by atoms with van der Waals surface area (Å²) in [6.45, 7) is 5.19. The molecule has 0 aromatic heterocycles. The van der Waals surface area contributed by atoms with E-state index in [1.54, 1.807) is 7.11 Å². The van der Waals surface area contributed by atoms with Crippen molar-refractivity contribution in [1.29, 1.82) is 0 Å². The van der Waals surface area contributed by atoms with Gasteiger partial charge in [0.25, 0.3) is 5.91 Å². The van der Waals surface area contributed by atoms with Crippen LogP contribution in [0.5, 0.6) is 5.75 Å². The summed E-state index contributed by atoms with van der Waals surface area (Å²) in [4.78, 5) is 16.6. The number of ether oxygens (including phenoxy) is 1. The Labute approximate surface area is 113 Å². The molecule has 5 heteroatoms. The average molecular weight is 261 g/mol. The Morgan fingerprint density at radius 2 is 2.26 bits per heavy atom. The summed E-state index contributed by atoms with van der Waals surface area (Å²) in [5.74, 6) is 1.02. The molecule has 5 nitrogen and oxygen atoms in total. The standard InChI is InChI=1S/C14H19N3O2/c1-3-16-11-5-4-10(19-2)8-12(11)17-7-6-15-9-13(17)14(16)18/h4-5,8,13,15H,3,6-7,9H2,1-2H3. The van der Waals surface area contributed by atoms with Gasteiger partial charge in [0.2, 0.25) is 0 Å². The van der Waals surface area contributed by atoms with Crippen LogP contribution in [-0.4, -0.2) is 45.2 Å². The van der Waals surface area contributed by atoms with E-state index in [1.165, 1.54) is 0 Å². The molecule has 0 radical (unpaired) electrons. The third kappa shape index (κ3) is 1.85. The van der Waals surface area contributed by atoms with Crippen LogP contribution in [0.2, 0.25) is 0 Å². The number of benzene rings is 1. The van der Waals surface area contributed by atoms with Gasteiger partial charge in [-0.3, -0.25) is 4.79 Å². The van der Waals surface area contributed by atoms with E-state index < -0.39 is 0 Å². The van der Waals surface area contributed by atoms with Crippen LogP contribution in [-0.2, 0) is 4.79 Å². The predicted molar refractivity (Wildman–Crippen MR) is 75.0 cm³/mol. The van der Waals surface area contributed by atoms with E-state index in [9.17, 15) is 4.79 Å². The number of carbonyl (C=O) groups excluding carboxylic acids is 1. The molecule has 1 amide bonds. The van der Waals surface area contributed by atoms with Gasteiger partial charge in [0, 0.05) is 32.2 Å². The number of rotatable bonds is 2. The van der Waals surface area contributed by atoms with Crippen molar-refractivity contribution < 1.29 is 9.53 Å². The summed E-state index contributed by atoms with van der Waals surface area (Å²) >= 11 is 0. The lowest BCUT2D eigenvalue weighted by molar-refractivity contribution is -0.120. The lowest BCUT2D eigenvalue weighted by Crippen LogP contribution is -2.61. The fourth-order valence-corrected chi connectivity index (χ4v) is 2.93. The van der Waals surface area contributed by atoms with Crippen molar-refractivity contribution in [2.75, 3.05) is 43.1 Å². The second-order valence-corrected chi connectivity index (χ2v) is 4.85. The van der Waals surface area contributed by atoms with Crippen LogP contribution in [0.25, 0.3) is 0 Å². The molecule has 0 saturated carbocycles. The van der Waals surface area contributed by atoms with Crippen LogP contribution in [0.3, 0.4) is 0 Å². The van der Waals surface area contributed by atoms with Crippen molar-refractivity contribution in [3.05, 3.63) is 18.2 Å². The van der Waals surface area contributed by atoms with Gasteiger partial charge in [0.1, 0.15) is 11.8 Å². The van der Waals surface area contributed by atoms with Gasteiger partial charge in [-0.15, -0.1) is 0 Å². The highest BCUT2D eigenvalue weighted by Gasteiger charge is 2.38. The molecule has 2 aliphatic rings. The normalized spacial score (nSPS) is 22.0. The predicted octanol–water partition coefficient (Wildman–Crippen LogP) is 0.840. The van der Waals surface area contributed by atoms with Gasteiger partial charge in [0.05, 0.1) is 18.5 Å². The second-order valence-electron chi connectivity index (χ2n) is 4.85. The number of hydrogen-bond donors (Lipinski definition) is 1. The van der Waals surface area contributed by atoms with Crippen molar-refractivity contribution in [3.63, 3.8) is 0 Å². The smallest absolute Gasteiger partial charge is 0.251 e. The molecule has 0 aliphatic carbocycles. The average Bonchev–Trinajstić information content (AvgIpc) is 2.47. The van der Waals surface area contributed by atoms with Gasteiger partial charge in [-0.2, -0.15) is 0 Å². The summed E-state index contributed by atoms with van der Waals surface area (Å²) in [6, 6.07) is 5.83. The Kier molecular flexibility index (Phi) is 3.06. The monoisotopic (exact) mass is 261 g/mol. The van der Waals surface area contributed by atoms with Crippen LogP contribution >= 0.6 is 0 Å². The van der Waals surface area contributed by atoms with Crippen LogP contribution < -0.4 is 19.9 Å². The first kappa shape index (κ1) is 12.3. The van der Waals surface area contributed by atoms with Crippen molar-refractivity contribution in [2.24, 2.45) is 0 Å². The number of piperazine rings is 1. The topological polar surface area (TPSA) is 44.8 Å². The van der Waals surface area contributed by atoms with Crippen molar-refractivity contribution in [3.8, 4) is 5.75 Å². The van der Waals surface area contributed by atoms with E-state index in [0.29, 0.717) is 13.1 Å². The van der Waals surface area contributed by atoms with E-state index >= 15 is 0 Å². The molecular formula is C14H19N3O2. The zero-order valence-electron chi connectivity index (χ0n) is 11.3. The van der Waals surface area contributed by atoms with Gasteiger partial charge < -0.3 is 19.9 Å². The molecule has 1 aromatic rings. The number of amides is 1. The first-order chi connectivity index (χ1) is 9.26. The number of methoxy groups -OCH3 is 1. The van der Waals surface area contributed by atoms with Crippen LogP contribution in [0.4, 0.5) is 11.4 Å². The van der Waals surface area contributed by atoms with E-state index in [-0.39, 0.29) is 11.9 Å². The Bertz CT molecular complexity index is 503. The zero-order valence-corrected chi connectivity index (χ0v) is 11.3. The molecule has 1 saturated heterocycles. The molecular weight excluding hydrogens is 242 g/mol. The lowest BCUT2D eigenvalue weighted by atomic mass is 10.0. The first-order valence-corrected chi connectivity index (χ1v) is 6.73. The molecule has 0 bridgehead atoms. The van der Waals surface area contributed by atoms with Crippen molar-refractivity contribution >= 4 is 17.3 Å². The SMILES string of the molecule is CCN1C(=O)C2CNCCN2c2cc(OC)ccc21. The fraction of sp³-hybridized carbons (Fsp3) is 0.500. The number of fused-ring (bicyclic) bond motifs is 3. The molecule has 1 unspecified atom stereocenters. The minimum Gasteiger partial charge on any atom is -0.497 e. The van der Waals surface area contributed by atoms with Crippen LogP contribution in [0.15, 0.2) is 18.2 Å². The number of hydrogen-bond acceptors (Lipinski definition) is 4. The van der Waals surface area contributed by atoms with Gasteiger partial charge in [-0.1, -0.05) is 0 Å². The maximum absolute atomic E-state index is 12.5. The first-order valence-electron chi connectivity index (χ1n) is 6.73. The molecule has 1 N–H and O–H groups in total. The molecule has 3 rings (SSSR count). The Morgan fingerprint density at radius 3 is 3.00 bits per heavy atom. The van der Waals surface area contributed by atoms with Crippen molar-refractivity contribution in [1.82, 2.24) is 5.32 Å². The van der Waals surface area contributed by atoms with E-state index in [0.717, 1.165) is 30.2 Å². The maximum atomic E-state index is 12.5. The third-order valence-electron chi connectivity index (χ3n) is 3.89. The minimum atomic E-state index is -0.0895. The van der Waals surface area contributed by atoms with E-state index in [2.05, 4.69) is 10.2 Å². The third-order valence-corrected chi connectivity index (χ3v) is 3.89. The summed E-state index contributed by atoms with van der Waals surface area (Å²) < 4.78 is 5.31. The molecule has 19 heavy (non-hydrogen) atoms. The molecule has 2 aliphatic heterocycles. The number of likely N-dealkylation sites (N-methyl/N-ethyl adjacent to an activating group) is 1. The number of carbonyl (C=O) groups is 1. The summed E-state index contributed by atoms with van der Waals surface area (Å²) in [7, 11) is 1.67. The van der Waals surface area contributed by atoms with Gasteiger partial charge in [-0.25, -0.2) is 0 Å². The van der Waals surface area contributed by atoms with E-state index in [4.69, 9.17) is 4.74 Å². The quantitative estimate of drug-likeness (QED) is 0.857. The molecule has 102 valence electrons. The summed E-state index contributed by atoms with van der Waals surface area (Å²) in [5, 5.41) is 3.30. The number of anilines is 2. The molecule has 2 heterocycles. The highest BCUT2D eigenvalue weighted by atomic mass is 16.5. The largest absolute Gasteiger partial charge is 0.497 e. The highest BCUT2D eigenvalue weighted by molar-refractivity contribution is 6.06. The Balaban J connectivity index is 2.10. The van der Waals surface area contributed by atoms with Crippen LogP contribution in [0, 0.1) is 0 Å². The van der Waals surface area contributed by atoms with E-state index in [1.807, 2.05) is 30.0 Å². The Hall–Kier alpha value is -1.75. The number of nitrogens with one attached hydrogen (secondary N) is 1. The number of nitrogens with zero attached hydrogens (tertiary/aromatic N) is 2. The summed E-state index contributed by atoms with van der Waals surface area (Å²) in [6.07, 6.45) is 0. The van der Waals surface area contributed by atoms with Gasteiger partial charge in [-0.05, 0) is 19.1 Å². The molecule has 1 fully saturated rings. The molecule has 1 aromatic carbocycles. The van der Waals surface area contributed by atoms with Crippen LogP contribution in [0.1, 0.15) is 6.92 Å². The lowest BCUT2D eigenvalue weighted by Gasteiger charge is -2.45. The highest BCUT2D eigenvalue weighted by Crippen LogP contribution is 2.38. The molecule has 1 atom stereocenters.